The van der Waals surface area contributed by atoms with Crippen molar-refractivity contribution in [3.63, 3.8) is 0 Å². The van der Waals surface area contributed by atoms with Gasteiger partial charge in [-0.05, 0) is 46.7 Å². The number of hydrogen-bond acceptors (Lipinski definition) is 2. The molecule has 0 spiro atoms. The van der Waals surface area contributed by atoms with E-state index in [2.05, 4.69) is 0 Å². The molecule has 0 aromatic heterocycles. The molecule has 3 nitrogen and oxygen atoms in total. The minimum absolute atomic E-state index is 0.155. The molecule has 0 saturated heterocycles. The minimum Gasteiger partial charge on any atom is -0.368 e. The average molecular weight is 408 g/mol. The third-order valence-corrected chi connectivity index (χ3v) is 5.72. The third-order valence-electron chi connectivity index (χ3n) is 5.72. The zero-order valence-electron chi connectivity index (χ0n) is 16.6. The van der Waals surface area contributed by atoms with Crippen LogP contribution in [-0.4, -0.2) is 17.4 Å². The molecular weight excluding hydrogens is 384 g/mol. The molecule has 2 aromatic carbocycles. The van der Waals surface area contributed by atoms with Gasteiger partial charge in [-0.15, -0.1) is 0 Å². The van der Waals surface area contributed by atoms with E-state index in [0.717, 1.165) is 17.2 Å². The zero-order chi connectivity index (χ0) is 21.6. The largest absolute Gasteiger partial charge is 0.416 e. The van der Waals surface area contributed by atoms with E-state index >= 15 is 0 Å². The minimum atomic E-state index is -4.64. The number of alkyl halides is 3. The number of primary amides is 1. The number of nitrogens with two attached hydrogens (primary N) is 1. The highest BCUT2D eigenvalue weighted by Crippen LogP contribution is 2.49. The van der Waals surface area contributed by atoms with Crippen molar-refractivity contribution in [1.82, 2.24) is 4.90 Å². The monoisotopic (exact) mass is 408 g/mol. The van der Waals surface area contributed by atoms with Gasteiger partial charge in [-0.1, -0.05) is 45.0 Å². The van der Waals surface area contributed by atoms with Crippen LogP contribution in [0.2, 0.25) is 0 Å². The molecule has 29 heavy (non-hydrogen) atoms. The molecule has 2 aromatic rings. The molecule has 1 atom stereocenters. The smallest absolute Gasteiger partial charge is 0.368 e. The number of amides is 1. The second-order valence-electron chi connectivity index (χ2n) is 8.45. The molecule has 156 valence electrons. The first-order valence-electron chi connectivity index (χ1n) is 9.38. The van der Waals surface area contributed by atoms with Crippen LogP contribution in [-0.2, 0) is 29.5 Å². The highest BCUT2D eigenvalue weighted by atomic mass is 19.4. The van der Waals surface area contributed by atoms with E-state index in [-0.39, 0.29) is 24.5 Å². The molecule has 0 fully saturated rings. The lowest BCUT2D eigenvalue weighted by atomic mass is 9.65. The molecule has 3 rings (SSSR count). The second kappa shape index (κ2) is 7.13. The van der Waals surface area contributed by atoms with E-state index in [4.69, 9.17) is 5.73 Å². The molecule has 0 bridgehead atoms. The van der Waals surface area contributed by atoms with Crippen LogP contribution in [0.5, 0.6) is 0 Å². The summed E-state index contributed by atoms with van der Waals surface area (Å²) in [6.45, 7) is 5.62. The predicted molar refractivity (Wildman–Crippen MR) is 102 cm³/mol. The summed E-state index contributed by atoms with van der Waals surface area (Å²) in [5, 5.41) is 0. The van der Waals surface area contributed by atoms with Crippen LogP contribution in [0.3, 0.4) is 0 Å². The first-order valence-corrected chi connectivity index (χ1v) is 9.38. The van der Waals surface area contributed by atoms with Gasteiger partial charge >= 0.3 is 6.18 Å². The van der Waals surface area contributed by atoms with E-state index in [0.29, 0.717) is 6.42 Å². The molecule has 1 amide bonds. The van der Waals surface area contributed by atoms with Gasteiger partial charge in [-0.25, -0.2) is 4.39 Å². The van der Waals surface area contributed by atoms with Gasteiger partial charge < -0.3 is 5.73 Å². The van der Waals surface area contributed by atoms with Crippen molar-refractivity contribution in [1.29, 1.82) is 0 Å². The standard InChI is InChI=1S/C22H24F4N2O/c1-20(2,3)21(19(27)29,17-6-4-5-7-18(17)22(24,25)26)28-11-10-14-12-16(23)9-8-15(14)13-28/h4-9,12H,10-11,13H2,1-3H3,(H2,27,29). The Morgan fingerprint density at radius 2 is 1.62 bits per heavy atom. The van der Waals surface area contributed by atoms with E-state index in [1.165, 1.54) is 30.3 Å². The summed E-state index contributed by atoms with van der Waals surface area (Å²) in [5.74, 6) is -1.20. The number of benzene rings is 2. The molecule has 1 unspecified atom stereocenters. The van der Waals surface area contributed by atoms with Crippen LogP contribution in [0.1, 0.15) is 43.0 Å². The molecular formula is C22H24F4N2O. The highest BCUT2D eigenvalue weighted by molar-refractivity contribution is 5.88. The molecule has 0 radical (unpaired) electrons. The Morgan fingerprint density at radius 3 is 2.17 bits per heavy atom. The Hall–Kier alpha value is -2.41. The summed E-state index contributed by atoms with van der Waals surface area (Å²) in [5.41, 5.74) is 3.75. The molecule has 1 aliphatic rings. The van der Waals surface area contributed by atoms with Gasteiger partial charge in [0.25, 0.3) is 0 Å². The quantitative estimate of drug-likeness (QED) is 0.753. The van der Waals surface area contributed by atoms with E-state index < -0.39 is 28.6 Å². The van der Waals surface area contributed by atoms with Gasteiger partial charge in [-0.3, -0.25) is 9.69 Å². The van der Waals surface area contributed by atoms with Gasteiger partial charge in [0.1, 0.15) is 11.4 Å². The Balaban J connectivity index is 2.25. The molecule has 0 aliphatic carbocycles. The van der Waals surface area contributed by atoms with Gasteiger partial charge in [-0.2, -0.15) is 13.2 Å². The summed E-state index contributed by atoms with van der Waals surface area (Å²) in [4.78, 5) is 14.7. The van der Waals surface area contributed by atoms with E-state index in [1.54, 1.807) is 31.7 Å². The lowest BCUT2D eigenvalue weighted by Gasteiger charge is -2.52. The number of nitrogens with zero attached hydrogens (tertiary/aromatic N) is 1. The summed E-state index contributed by atoms with van der Waals surface area (Å²) >= 11 is 0. The van der Waals surface area contributed by atoms with E-state index in [9.17, 15) is 22.4 Å². The first-order chi connectivity index (χ1) is 13.4. The number of hydrogen-bond donors (Lipinski definition) is 1. The van der Waals surface area contributed by atoms with Crippen LogP contribution in [0.15, 0.2) is 42.5 Å². The fraction of sp³-hybridized carbons (Fsp3) is 0.409. The van der Waals surface area contributed by atoms with Gasteiger partial charge in [0.05, 0.1) is 5.56 Å². The van der Waals surface area contributed by atoms with Crippen LogP contribution in [0.4, 0.5) is 17.6 Å². The SMILES string of the molecule is CC(C)(C)C(C(N)=O)(c1ccccc1C(F)(F)F)N1CCc2cc(F)ccc2C1. The van der Waals surface area contributed by atoms with Gasteiger partial charge in [0.15, 0.2) is 0 Å². The Morgan fingerprint density at radius 1 is 1.00 bits per heavy atom. The molecule has 1 aliphatic heterocycles. The number of carbonyl (C=O) groups is 1. The molecule has 1 heterocycles. The molecule has 0 saturated carbocycles. The molecule has 2 N–H and O–H groups in total. The van der Waals surface area contributed by atoms with E-state index in [1.807, 2.05) is 0 Å². The second-order valence-corrected chi connectivity index (χ2v) is 8.45. The van der Waals surface area contributed by atoms with Gasteiger partial charge in [0, 0.05) is 13.1 Å². The van der Waals surface area contributed by atoms with Crippen LogP contribution >= 0.6 is 0 Å². The Labute approximate surface area is 167 Å². The number of rotatable bonds is 3. The normalized spacial score (nSPS) is 17.5. The Kier molecular flexibility index (Phi) is 5.24. The van der Waals surface area contributed by atoms with Crippen LogP contribution in [0.25, 0.3) is 0 Å². The fourth-order valence-electron chi connectivity index (χ4n) is 4.56. The lowest BCUT2D eigenvalue weighted by molar-refractivity contribution is -0.148. The topological polar surface area (TPSA) is 46.3 Å². The van der Waals surface area contributed by atoms with Crippen molar-refractivity contribution in [2.24, 2.45) is 11.1 Å². The average Bonchev–Trinajstić information content (AvgIpc) is 2.60. The Bertz CT molecular complexity index is 933. The highest BCUT2D eigenvalue weighted by Gasteiger charge is 2.56. The third kappa shape index (κ3) is 3.52. The zero-order valence-corrected chi connectivity index (χ0v) is 16.6. The first kappa shape index (κ1) is 21.3. The number of halogens is 4. The van der Waals surface area contributed by atoms with Crippen molar-refractivity contribution in [2.45, 2.75) is 45.5 Å². The predicted octanol–water partition coefficient (Wildman–Crippen LogP) is 4.63. The van der Waals surface area contributed by atoms with Crippen molar-refractivity contribution < 1.29 is 22.4 Å². The van der Waals surface area contributed by atoms with Crippen molar-refractivity contribution in [3.05, 3.63) is 70.5 Å². The van der Waals surface area contributed by atoms with Crippen LogP contribution in [0, 0.1) is 11.2 Å². The van der Waals surface area contributed by atoms with Crippen molar-refractivity contribution in [3.8, 4) is 0 Å². The van der Waals surface area contributed by atoms with Crippen molar-refractivity contribution in [2.75, 3.05) is 6.54 Å². The summed E-state index contributed by atoms with van der Waals surface area (Å²) in [7, 11) is 0. The lowest BCUT2D eigenvalue weighted by Crippen LogP contribution is -2.63. The summed E-state index contributed by atoms with van der Waals surface area (Å²) in [6, 6.07) is 9.45. The van der Waals surface area contributed by atoms with Crippen molar-refractivity contribution >= 4 is 5.91 Å². The summed E-state index contributed by atoms with van der Waals surface area (Å²) < 4.78 is 55.2. The maximum atomic E-state index is 13.9. The molecule has 7 heteroatoms. The fourth-order valence-corrected chi connectivity index (χ4v) is 4.56. The maximum absolute atomic E-state index is 13.9. The number of carbonyl (C=O) groups excluding carboxylic acids is 1. The maximum Gasteiger partial charge on any atom is 0.416 e. The summed E-state index contributed by atoms with van der Waals surface area (Å²) in [6.07, 6.45) is -4.23. The van der Waals surface area contributed by atoms with Gasteiger partial charge in [0.2, 0.25) is 5.91 Å². The number of fused-ring (bicyclic) bond motifs is 1. The van der Waals surface area contributed by atoms with Crippen LogP contribution < -0.4 is 5.73 Å².